The van der Waals surface area contributed by atoms with E-state index in [9.17, 15) is 13.6 Å². The molecule has 0 unspecified atom stereocenters. The van der Waals surface area contributed by atoms with Crippen LogP contribution in [0, 0.1) is 0 Å². The van der Waals surface area contributed by atoms with Gasteiger partial charge < -0.3 is 5.32 Å². The molecule has 0 saturated heterocycles. The van der Waals surface area contributed by atoms with E-state index in [1.165, 1.54) is 23.5 Å². The van der Waals surface area contributed by atoms with Crippen LogP contribution < -0.4 is 16.2 Å². The number of carbonyl (C=O) groups excluding carboxylic acids is 1. The van der Waals surface area contributed by atoms with Gasteiger partial charge in [-0.05, 0) is 36.8 Å². The Morgan fingerprint density at radius 2 is 1.87 bits per heavy atom. The molecule has 162 valence electrons. The van der Waals surface area contributed by atoms with Gasteiger partial charge in [0.25, 0.3) is 12.3 Å². The Bertz CT molecular complexity index is 851. The van der Waals surface area contributed by atoms with Gasteiger partial charge in [-0.1, -0.05) is 51.6 Å². The average Bonchev–Trinajstić information content (AvgIpc) is 2.76. The molecule has 8 heteroatoms. The van der Waals surface area contributed by atoms with Crippen LogP contribution in [0.2, 0.25) is 0 Å². The van der Waals surface area contributed by atoms with Crippen molar-refractivity contribution >= 4 is 11.9 Å². The molecule has 1 heterocycles. The summed E-state index contributed by atoms with van der Waals surface area (Å²) in [7, 11) is 0. The number of hydrogen-bond acceptors (Lipinski definition) is 5. The highest BCUT2D eigenvalue weighted by molar-refractivity contribution is 5.93. The van der Waals surface area contributed by atoms with Crippen LogP contribution in [0.15, 0.2) is 48.9 Å². The Hall–Kier alpha value is -3.03. The third-order valence-electron chi connectivity index (χ3n) is 4.96. The average molecular weight is 418 g/mol. The Kier molecular flexibility index (Phi) is 8.26. The third kappa shape index (κ3) is 5.52. The number of aromatic nitrogens is 2. The van der Waals surface area contributed by atoms with Crippen LogP contribution in [-0.2, 0) is 12.0 Å². The first-order chi connectivity index (χ1) is 14.4. The van der Waals surface area contributed by atoms with Gasteiger partial charge in [0.05, 0.1) is 16.8 Å². The SMILES string of the molecule is C=C(NNC(=O)c1cnc(NC2(c3cccc(CC)c3)CCC2)nc1)C(F)F.CC. The molecule has 3 rings (SSSR count). The van der Waals surface area contributed by atoms with E-state index in [0.29, 0.717) is 5.95 Å². The van der Waals surface area contributed by atoms with Gasteiger partial charge in [-0.15, -0.1) is 0 Å². The van der Waals surface area contributed by atoms with Crippen molar-refractivity contribution in [1.29, 1.82) is 0 Å². The Balaban J connectivity index is 0.00000155. The van der Waals surface area contributed by atoms with E-state index in [0.717, 1.165) is 25.7 Å². The minimum atomic E-state index is -2.77. The van der Waals surface area contributed by atoms with Gasteiger partial charge in [-0.2, -0.15) is 0 Å². The van der Waals surface area contributed by atoms with E-state index >= 15 is 0 Å². The second-order valence-corrected chi connectivity index (χ2v) is 6.81. The lowest BCUT2D eigenvalue weighted by atomic mass is 9.71. The number of nitrogens with zero attached hydrogens (tertiary/aromatic N) is 2. The summed E-state index contributed by atoms with van der Waals surface area (Å²) < 4.78 is 24.7. The van der Waals surface area contributed by atoms with Crippen LogP contribution in [0.4, 0.5) is 14.7 Å². The van der Waals surface area contributed by atoms with Gasteiger partial charge in [0.15, 0.2) is 0 Å². The van der Waals surface area contributed by atoms with Crippen LogP contribution in [0.25, 0.3) is 0 Å². The second-order valence-electron chi connectivity index (χ2n) is 6.81. The zero-order chi connectivity index (χ0) is 22.1. The van der Waals surface area contributed by atoms with Crippen molar-refractivity contribution in [3.63, 3.8) is 0 Å². The molecular weight excluding hydrogens is 388 g/mol. The zero-order valence-electron chi connectivity index (χ0n) is 17.6. The minimum Gasteiger partial charge on any atom is -0.345 e. The molecule has 1 aliphatic carbocycles. The van der Waals surface area contributed by atoms with Crippen molar-refractivity contribution in [2.45, 2.75) is 58.4 Å². The van der Waals surface area contributed by atoms with Gasteiger partial charge in [-0.3, -0.25) is 15.6 Å². The minimum absolute atomic E-state index is 0.149. The summed E-state index contributed by atoms with van der Waals surface area (Å²) in [5.41, 5.74) is 6.05. The third-order valence-corrected chi connectivity index (χ3v) is 4.96. The predicted molar refractivity (Wildman–Crippen MR) is 114 cm³/mol. The molecule has 1 amide bonds. The highest BCUT2D eigenvalue weighted by Crippen LogP contribution is 2.43. The topological polar surface area (TPSA) is 78.9 Å². The molecule has 3 N–H and O–H groups in total. The molecule has 0 radical (unpaired) electrons. The van der Waals surface area contributed by atoms with Gasteiger partial charge in [-0.25, -0.2) is 18.7 Å². The quantitative estimate of drug-likeness (QED) is 0.549. The summed E-state index contributed by atoms with van der Waals surface area (Å²) in [5, 5.41) is 3.41. The number of carbonyl (C=O) groups is 1. The van der Waals surface area contributed by atoms with Crippen LogP contribution in [0.1, 0.15) is 61.5 Å². The number of alkyl halides is 2. The molecular formula is C22H29F2N5O. The van der Waals surface area contributed by atoms with Crippen molar-refractivity contribution in [3.05, 3.63) is 65.6 Å². The van der Waals surface area contributed by atoms with Gasteiger partial charge in [0.2, 0.25) is 5.95 Å². The Labute approximate surface area is 176 Å². The van der Waals surface area contributed by atoms with E-state index in [1.54, 1.807) is 0 Å². The molecule has 1 aromatic heterocycles. The van der Waals surface area contributed by atoms with Crippen LogP contribution in [0.3, 0.4) is 0 Å². The maximum absolute atomic E-state index is 12.4. The number of allylic oxidation sites excluding steroid dienone is 1. The molecule has 0 spiro atoms. The lowest BCUT2D eigenvalue weighted by Gasteiger charge is -2.43. The lowest BCUT2D eigenvalue weighted by Crippen LogP contribution is -2.42. The molecule has 1 aromatic carbocycles. The lowest BCUT2D eigenvalue weighted by molar-refractivity contribution is 0.0928. The highest BCUT2D eigenvalue weighted by atomic mass is 19.3. The fraction of sp³-hybridized carbons (Fsp3) is 0.409. The van der Waals surface area contributed by atoms with E-state index in [4.69, 9.17) is 0 Å². The summed E-state index contributed by atoms with van der Waals surface area (Å²) >= 11 is 0. The van der Waals surface area contributed by atoms with Crippen LogP contribution in [0.5, 0.6) is 0 Å². The number of amides is 1. The predicted octanol–water partition coefficient (Wildman–Crippen LogP) is 4.57. The Morgan fingerprint density at radius 1 is 1.20 bits per heavy atom. The molecule has 30 heavy (non-hydrogen) atoms. The molecule has 2 aromatic rings. The van der Waals surface area contributed by atoms with Crippen molar-refractivity contribution in [1.82, 2.24) is 20.8 Å². The first kappa shape index (κ1) is 23.3. The monoisotopic (exact) mass is 417 g/mol. The summed E-state index contributed by atoms with van der Waals surface area (Å²) in [6.45, 7) is 9.24. The summed E-state index contributed by atoms with van der Waals surface area (Å²) in [6, 6.07) is 8.48. The molecule has 1 saturated carbocycles. The number of anilines is 1. The number of hydrogen-bond donors (Lipinski definition) is 3. The summed E-state index contributed by atoms with van der Waals surface area (Å²) in [4.78, 5) is 20.4. The first-order valence-corrected chi connectivity index (χ1v) is 10.2. The van der Waals surface area contributed by atoms with Crippen molar-refractivity contribution in [2.75, 3.05) is 5.32 Å². The second kappa shape index (κ2) is 10.7. The fourth-order valence-corrected chi connectivity index (χ4v) is 3.09. The van der Waals surface area contributed by atoms with Gasteiger partial charge >= 0.3 is 0 Å². The number of rotatable bonds is 8. The number of aryl methyl sites for hydroxylation is 1. The van der Waals surface area contributed by atoms with E-state index < -0.39 is 18.0 Å². The first-order valence-electron chi connectivity index (χ1n) is 10.2. The van der Waals surface area contributed by atoms with Crippen LogP contribution >= 0.6 is 0 Å². The number of benzene rings is 1. The normalized spacial score (nSPS) is 14.1. The summed E-state index contributed by atoms with van der Waals surface area (Å²) in [5.74, 6) is -0.203. The number of nitrogens with one attached hydrogen (secondary N) is 3. The molecule has 1 aliphatic rings. The number of hydrazine groups is 1. The van der Waals surface area contributed by atoms with Crippen molar-refractivity contribution < 1.29 is 13.6 Å². The smallest absolute Gasteiger partial charge is 0.279 e. The van der Waals surface area contributed by atoms with E-state index in [1.807, 2.05) is 13.8 Å². The maximum Gasteiger partial charge on any atom is 0.279 e. The highest BCUT2D eigenvalue weighted by Gasteiger charge is 2.39. The number of halogens is 2. The van der Waals surface area contributed by atoms with E-state index in [2.05, 4.69) is 63.9 Å². The summed E-state index contributed by atoms with van der Waals surface area (Å²) in [6.07, 6.45) is 3.97. The van der Waals surface area contributed by atoms with Crippen molar-refractivity contribution in [2.24, 2.45) is 0 Å². The standard InChI is InChI=1S/C20H23F2N5O.C2H6/c1-3-14-6-4-7-16(10-14)20(8-5-9-20)25-19-23-11-15(12-24-19)18(28)27-26-13(2)17(21)22;1-2/h4,6-7,10-12,17,26H,2-3,5,8-9H2,1H3,(H,27,28)(H,23,24,25);1-2H3. The van der Waals surface area contributed by atoms with Crippen molar-refractivity contribution in [3.8, 4) is 0 Å². The van der Waals surface area contributed by atoms with Gasteiger partial charge in [0, 0.05) is 12.4 Å². The van der Waals surface area contributed by atoms with Crippen LogP contribution in [-0.4, -0.2) is 22.3 Å². The Morgan fingerprint density at radius 3 is 2.40 bits per heavy atom. The largest absolute Gasteiger partial charge is 0.345 e. The molecule has 0 aliphatic heterocycles. The van der Waals surface area contributed by atoms with E-state index in [-0.39, 0.29) is 11.1 Å². The maximum atomic E-state index is 12.4. The molecule has 0 bridgehead atoms. The molecule has 0 atom stereocenters. The fourth-order valence-electron chi connectivity index (χ4n) is 3.09. The zero-order valence-corrected chi connectivity index (χ0v) is 17.6. The molecule has 1 fully saturated rings. The molecule has 6 nitrogen and oxygen atoms in total. The van der Waals surface area contributed by atoms with Gasteiger partial charge in [0.1, 0.15) is 0 Å².